The van der Waals surface area contributed by atoms with Crippen LogP contribution in [-0.4, -0.2) is 20.0 Å². The maximum absolute atomic E-state index is 10.7. The van der Waals surface area contributed by atoms with Crippen LogP contribution >= 0.6 is 0 Å². The van der Waals surface area contributed by atoms with E-state index < -0.39 is 4.92 Å². The standard InChI is InChI=1S/C12H11N3O4/c1-8-4-10(2-3-11(8)15(17)18)19-12-13-5-9(7-16)6-14-12/h2-6,16H,7H2,1H3. The molecule has 0 amide bonds. The zero-order valence-electron chi connectivity index (χ0n) is 10.1. The van der Waals surface area contributed by atoms with Crippen molar-refractivity contribution in [3.05, 3.63) is 51.8 Å². The Balaban J connectivity index is 2.18. The number of aliphatic hydroxyl groups is 1. The Kier molecular flexibility index (Phi) is 3.67. The van der Waals surface area contributed by atoms with Gasteiger partial charge in [0.2, 0.25) is 0 Å². The lowest BCUT2D eigenvalue weighted by atomic mass is 10.2. The topological polar surface area (TPSA) is 98.4 Å². The minimum atomic E-state index is -0.453. The van der Waals surface area contributed by atoms with E-state index in [4.69, 9.17) is 9.84 Å². The van der Waals surface area contributed by atoms with E-state index in [1.807, 2.05) is 0 Å². The molecule has 0 atom stereocenters. The highest BCUT2D eigenvalue weighted by Gasteiger charge is 2.11. The van der Waals surface area contributed by atoms with Crippen LogP contribution in [0.3, 0.4) is 0 Å². The lowest BCUT2D eigenvalue weighted by Crippen LogP contribution is -1.95. The number of rotatable bonds is 4. The molecule has 1 N–H and O–H groups in total. The Labute approximate surface area is 108 Å². The van der Waals surface area contributed by atoms with Gasteiger partial charge in [-0.15, -0.1) is 0 Å². The molecule has 0 saturated carbocycles. The van der Waals surface area contributed by atoms with E-state index in [1.54, 1.807) is 13.0 Å². The van der Waals surface area contributed by atoms with Gasteiger partial charge in [-0.1, -0.05) is 0 Å². The molecule has 1 aromatic carbocycles. The molecule has 0 spiro atoms. The molecule has 0 radical (unpaired) electrons. The number of nitrogens with zero attached hydrogens (tertiary/aromatic N) is 3. The van der Waals surface area contributed by atoms with Gasteiger partial charge in [0.25, 0.3) is 5.69 Å². The summed E-state index contributed by atoms with van der Waals surface area (Å²) in [5.41, 5.74) is 1.10. The Morgan fingerprint density at radius 3 is 2.58 bits per heavy atom. The van der Waals surface area contributed by atoms with Gasteiger partial charge < -0.3 is 9.84 Å². The Morgan fingerprint density at radius 2 is 2.05 bits per heavy atom. The van der Waals surface area contributed by atoms with Crippen molar-refractivity contribution in [2.45, 2.75) is 13.5 Å². The zero-order valence-corrected chi connectivity index (χ0v) is 10.1. The van der Waals surface area contributed by atoms with Gasteiger partial charge in [-0.2, -0.15) is 0 Å². The molecule has 0 fully saturated rings. The SMILES string of the molecule is Cc1cc(Oc2ncc(CO)cn2)ccc1[N+](=O)[O-]. The highest BCUT2D eigenvalue weighted by molar-refractivity contribution is 5.44. The van der Waals surface area contributed by atoms with Gasteiger partial charge >= 0.3 is 6.01 Å². The molecule has 7 nitrogen and oxygen atoms in total. The van der Waals surface area contributed by atoms with E-state index in [-0.39, 0.29) is 18.3 Å². The number of benzene rings is 1. The Hall–Kier alpha value is -2.54. The molecule has 0 saturated heterocycles. The lowest BCUT2D eigenvalue weighted by molar-refractivity contribution is -0.385. The smallest absolute Gasteiger partial charge is 0.321 e. The van der Waals surface area contributed by atoms with Gasteiger partial charge in [-0.3, -0.25) is 10.1 Å². The van der Waals surface area contributed by atoms with Crippen molar-refractivity contribution in [3.8, 4) is 11.8 Å². The second-order valence-corrected chi connectivity index (χ2v) is 3.84. The molecule has 0 unspecified atom stereocenters. The Morgan fingerprint density at radius 1 is 1.37 bits per heavy atom. The molecule has 2 rings (SSSR count). The molecule has 0 aliphatic carbocycles. The summed E-state index contributed by atoms with van der Waals surface area (Å²) in [6.07, 6.45) is 2.89. The van der Waals surface area contributed by atoms with Crippen LogP contribution in [0.4, 0.5) is 5.69 Å². The van der Waals surface area contributed by atoms with Gasteiger partial charge in [-0.05, 0) is 19.1 Å². The first-order chi connectivity index (χ1) is 9.10. The van der Waals surface area contributed by atoms with Crippen LogP contribution in [-0.2, 0) is 6.61 Å². The predicted octanol–water partition coefficient (Wildman–Crippen LogP) is 1.98. The number of nitro benzene ring substituents is 1. The summed E-state index contributed by atoms with van der Waals surface area (Å²) in [5.74, 6) is 0.417. The van der Waals surface area contributed by atoms with Gasteiger partial charge in [-0.25, -0.2) is 9.97 Å². The van der Waals surface area contributed by atoms with Crippen molar-refractivity contribution in [3.63, 3.8) is 0 Å². The summed E-state index contributed by atoms with van der Waals surface area (Å²) in [4.78, 5) is 18.0. The second-order valence-electron chi connectivity index (χ2n) is 3.84. The van der Waals surface area contributed by atoms with E-state index in [0.29, 0.717) is 16.9 Å². The van der Waals surface area contributed by atoms with Crippen LogP contribution in [0.25, 0.3) is 0 Å². The summed E-state index contributed by atoms with van der Waals surface area (Å²) in [6.45, 7) is 1.48. The molecule has 1 aromatic heterocycles. The molecule has 1 heterocycles. The summed E-state index contributed by atoms with van der Waals surface area (Å²) < 4.78 is 5.37. The van der Waals surface area contributed by atoms with Crippen molar-refractivity contribution < 1.29 is 14.8 Å². The maximum Gasteiger partial charge on any atom is 0.321 e. The van der Waals surface area contributed by atoms with Crippen molar-refractivity contribution in [2.24, 2.45) is 0 Å². The lowest BCUT2D eigenvalue weighted by Gasteiger charge is -2.05. The molecular weight excluding hydrogens is 250 g/mol. The first kappa shape index (κ1) is 12.9. The maximum atomic E-state index is 10.7. The van der Waals surface area contributed by atoms with Gasteiger partial charge in [0.05, 0.1) is 11.5 Å². The van der Waals surface area contributed by atoms with Crippen molar-refractivity contribution in [2.75, 3.05) is 0 Å². The van der Waals surface area contributed by atoms with E-state index in [0.717, 1.165) is 0 Å². The van der Waals surface area contributed by atoms with Crippen LogP contribution in [0.5, 0.6) is 11.8 Å². The quantitative estimate of drug-likeness (QED) is 0.667. The van der Waals surface area contributed by atoms with Crippen LogP contribution in [0.1, 0.15) is 11.1 Å². The van der Waals surface area contributed by atoms with E-state index >= 15 is 0 Å². The van der Waals surface area contributed by atoms with Gasteiger partial charge in [0.15, 0.2) is 0 Å². The summed E-state index contributed by atoms with van der Waals surface area (Å²) in [6, 6.07) is 4.51. The van der Waals surface area contributed by atoms with E-state index in [9.17, 15) is 10.1 Å². The number of hydrogen-bond donors (Lipinski definition) is 1. The van der Waals surface area contributed by atoms with Crippen LogP contribution < -0.4 is 4.74 Å². The zero-order chi connectivity index (χ0) is 13.8. The first-order valence-corrected chi connectivity index (χ1v) is 5.45. The fourth-order valence-electron chi connectivity index (χ4n) is 1.48. The fourth-order valence-corrected chi connectivity index (χ4v) is 1.48. The average Bonchev–Trinajstić information content (AvgIpc) is 2.39. The highest BCUT2D eigenvalue weighted by atomic mass is 16.6. The molecule has 98 valence electrons. The van der Waals surface area contributed by atoms with E-state index in [2.05, 4.69) is 9.97 Å². The van der Waals surface area contributed by atoms with Crippen LogP contribution in [0.2, 0.25) is 0 Å². The minimum absolute atomic E-state index is 0.0314. The van der Waals surface area contributed by atoms with Crippen molar-refractivity contribution in [1.82, 2.24) is 9.97 Å². The summed E-state index contributed by atoms with van der Waals surface area (Å²) in [7, 11) is 0. The number of aliphatic hydroxyl groups excluding tert-OH is 1. The van der Waals surface area contributed by atoms with Gasteiger partial charge in [0.1, 0.15) is 5.75 Å². The number of nitro groups is 1. The summed E-state index contributed by atoms with van der Waals surface area (Å²) >= 11 is 0. The first-order valence-electron chi connectivity index (χ1n) is 5.45. The number of hydrogen-bond acceptors (Lipinski definition) is 6. The van der Waals surface area contributed by atoms with E-state index in [1.165, 1.54) is 24.5 Å². The second kappa shape index (κ2) is 5.40. The molecule has 7 heteroatoms. The van der Waals surface area contributed by atoms with Crippen molar-refractivity contribution >= 4 is 5.69 Å². The van der Waals surface area contributed by atoms with Crippen LogP contribution in [0.15, 0.2) is 30.6 Å². The molecule has 0 bridgehead atoms. The third-order valence-corrected chi connectivity index (χ3v) is 2.44. The fraction of sp³-hybridized carbons (Fsp3) is 0.167. The third kappa shape index (κ3) is 3.02. The monoisotopic (exact) mass is 261 g/mol. The molecule has 2 aromatic rings. The number of aromatic nitrogens is 2. The third-order valence-electron chi connectivity index (χ3n) is 2.44. The molecule has 0 aliphatic heterocycles. The van der Waals surface area contributed by atoms with Gasteiger partial charge in [0, 0.05) is 29.6 Å². The normalized spacial score (nSPS) is 10.2. The molecule has 0 aliphatic rings. The predicted molar refractivity (Wildman–Crippen MR) is 65.9 cm³/mol. The Bertz CT molecular complexity index is 598. The minimum Gasteiger partial charge on any atom is -0.424 e. The van der Waals surface area contributed by atoms with Crippen LogP contribution in [0, 0.1) is 17.0 Å². The largest absolute Gasteiger partial charge is 0.424 e. The summed E-state index contributed by atoms with van der Waals surface area (Å²) in [5, 5.41) is 19.5. The highest BCUT2D eigenvalue weighted by Crippen LogP contribution is 2.25. The molecule has 19 heavy (non-hydrogen) atoms. The number of aryl methyl sites for hydroxylation is 1. The number of ether oxygens (including phenoxy) is 1. The molecular formula is C12H11N3O4. The average molecular weight is 261 g/mol. The van der Waals surface area contributed by atoms with Crippen molar-refractivity contribution in [1.29, 1.82) is 0 Å².